The molecule has 0 fully saturated rings. The van der Waals surface area contributed by atoms with Crippen LogP contribution in [0.1, 0.15) is 62.1 Å². The maximum Gasteiger partial charge on any atom is 0.224 e. The molecule has 2 aromatic rings. The highest BCUT2D eigenvalue weighted by molar-refractivity contribution is 6.74. The van der Waals surface area contributed by atoms with Crippen LogP contribution in [0, 0.1) is 34.6 Å². The third-order valence-electron chi connectivity index (χ3n) is 6.46. The van der Waals surface area contributed by atoms with Gasteiger partial charge in [0.25, 0.3) is 0 Å². The van der Waals surface area contributed by atoms with E-state index >= 15 is 0 Å². The summed E-state index contributed by atoms with van der Waals surface area (Å²) in [5.74, 6) is 1.56. The molecule has 1 N–H and O–H groups in total. The van der Waals surface area contributed by atoms with Gasteiger partial charge in [0.15, 0.2) is 8.32 Å². The van der Waals surface area contributed by atoms with Crippen molar-refractivity contribution < 1.29 is 9.16 Å². The van der Waals surface area contributed by atoms with Crippen LogP contribution in [-0.4, -0.2) is 26.0 Å². The van der Waals surface area contributed by atoms with E-state index in [1.807, 2.05) is 6.92 Å². The van der Waals surface area contributed by atoms with Crippen LogP contribution < -0.4 is 10.1 Å². The van der Waals surface area contributed by atoms with Crippen molar-refractivity contribution in [3.05, 3.63) is 46.1 Å². The van der Waals surface area contributed by atoms with Crippen molar-refractivity contribution >= 4 is 14.0 Å². The fourth-order valence-corrected chi connectivity index (χ4v) is 4.44. The lowest BCUT2D eigenvalue weighted by Gasteiger charge is -2.37. The lowest BCUT2D eigenvalue weighted by atomic mass is 10.1. The Morgan fingerprint density at radius 3 is 2.10 bits per heavy atom. The van der Waals surface area contributed by atoms with Gasteiger partial charge in [0.05, 0.1) is 6.61 Å². The van der Waals surface area contributed by atoms with E-state index in [1.165, 1.54) is 5.56 Å². The fourth-order valence-electron chi connectivity index (χ4n) is 3.39. The summed E-state index contributed by atoms with van der Waals surface area (Å²) in [5, 5.41) is 3.91. The Bertz CT molecular complexity index is 893. The van der Waals surface area contributed by atoms with Crippen molar-refractivity contribution in [2.45, 2.75) is 92.9 Å². The van der Waals surface area contributed by atoms with Gasteiger partial charge in [-0.3, -0.25) is 0 Å². The molecule has 0 aliphatic rings. The number of hydrogen-bond donors (Lipinski definition) is 1. The molecular weight excluding hydrogens is 400 g/mol. The molecule has 31 heavy (non-hydrogen) atoms. The Morgan fingerprint density at radius 1 is 1.00 bits per heavy atom. The first-order chi connectivity index (χ1) is 14.2. The van der Waals surface area contributed by atoms with E-state index in [4.69, 9.17) is 14.1 Å². The Morgan fingerprint density at radius 2 is 1.58 bits per heavy atom. The minimum absolute atomic E-state index is 0.208. The van der Waals surface area contributed by atoms with Crippen LogP contribution in [-0.2, 0) is 4.43 Å². The number of aromatic nitrogens is 1. The molecule has 1 heterocycles. The van der Waals surface area contributed by atoms with Gasteiger partial charge in [-0.15, -0.1) is 0 Å². The first-order valence-corrected chi connectivity index (χ1v) is 14.3. The van der Waals surface area contributed by atoms with E-state index in [2.05, 4.69) is 92.0 Å². The van der Waals surface area contributed by atoms with Crippen molar-refractivity contribution in [3.8, 4) is 11.6 Å². The normalized spacial score (nSPS) is 13.3. The van der Waals surface area contributed by atoms with Crippen LogP contribution in [0.5, 0.6) is 11.6 Å². The molecule has 0 saturated heterocycles. The quantitative estimate of drug-likeness (QED) is 0.427. The van der Waals surface area contributed by atoms with Crippen LogP contribution in [0.15, 0.2) is 18.2 Å². The molecule has 0 radical (unpaired) electrons. The number of nitrogens with zero attached hydrogens (tertiary/aromatic N) is 1. The lowest BCUT2D eigenvalue weighted by molar-refractivity contribution is 0.268. The van der Waals surface area contributed by atoms with Crippen LogP contribution in [0.3, 0.4) is 0 Å². The maximum atomic E-state index is 6.49. The van der Waals surface area contributed by atoms with Crippen molar-refractivity contribution in [2.75, 3.05) is 11.9 Å². The number of hydrogen-bond acceptors (Lipinski definition) is 4. The number of ether oxygens (including phenoxy) is 1. The highest BCUT2D eigenvalue weighted by Gasteiger charge is 2.37. The average molecular weight is 443 g/mol. The Kier molecular flexibility index (Phi) is 7.98. The third kappa shape index (κ3) is 6.33. The van der Waals surface area contributed by atoms with Crippen molar-refractivity contribution in [1.29, 1.82) is 0 Å². The summed E-state index contributed by atoms with van der Waals surface area (Å²) in [6.07, 6.45) is 0.988. The van der Waals surface area contributed by atoms with E-state index in [1.54, 1.807) is 0 Å². The standard InChI is InChI=1S/C26H42N2O2Si/c1-12-22(16-29-31(10,11)26(7,8)9)28-23-15-20(5)27-25(21(23)6)30-24-18(3)13-17(2)14-19(24)4/h13-15,22H,12,16H2,1-11H3,(H,27,28). The van der Waals surface area contributed by atoms with Gasteiger partial charge in [-0.25, -0.2) is 4.98 Å². The van der Waals surface area contributed by atoms with E-state index in [0.717, 1.165) is 40.2 Å². The van der Waals surface area contributed by atoms with Gasteiger partial charge in [-0.2, -0.15) is 0 Å². The monoisotopic (exact) mass is 442 g/mol. The molecule has 1 atom stereocenters. The molecule has 0 aliphatic carbocycles. The van der Waals surface area contributed by atoms with Crippen molar-refractivity contribution in [2.24, 2.45) is 0 Å². The first-order valence-electron chi connectivity index (χ1n) is 11.4. The summed E-state index contributed by atoms with van der Waals surface area (Å²) < 4.78 is 12.8. The van der Waals surface area contributed by atoms with Gasteiger partial charge in [0, 0.05) is 23.0 Å². The van der Waals surface area contributed by atoms with Gasteiger partial charge in [-0.1, -0.05) is 45.4 Å². The number of benzene rings is 1. The first kappa shape index (κ1) is 25.4. The largest absolute Gasteiger partial charge is 0.438 e. The van der Waals surface area contributed by atoms with Gasteiger partial charge < -0.3 is 14.5 Å². The molecule has 0 spiro atoms. The molecule has 0 bridgehead atoms. The molecule has 0 amide bonds. The summed E-state index contributed by atoms with van der Waals surface area (Å²) in [6.45, 7) is 24.7. The van der Waals surface area contributed by atoms with Gasteiger partial charge >= 0.3 is 0 Å². The smallest absolute Gasteiger partial charge is 0.224 e. The number of nitrogens with one attached hydrogen (secondary N) is 1. The predicted octanol–water partition coefficient (Wildman–Crippen LogP) is 7.63. The molecule has 172 valence electrons. The number of aryl methyl sites for hydroxylation is 4. The fraction of sp³-hybridized carbons (Fsp3) is 0.577. The van der Waals surface area contributed by atoms with Crippen molar-refractivity contribution in [1.82, 2.24) is 4.98 Å². The van der Waals surface area contributed by atoms with E-state index in [0.29, 0.717) is 12.5 Å². The Balaban J connectivity index is 2.25. The number of pyridine rings is 1. The summed E-state index contributed by atoms with van der Waals surface area (Å²) in [6, 6.07) is 6.65. The second kappa shape index (κ2) is 9.74. The van der Waals surface area contributed by atoms with Crippen LogP contribution >= 0.6 is 0 Å². The lowest BCUT2D eigenvalue weighted by Crippen LogP contribution is -2.43. The van der Waals surface area contributed by atoms with E-state index in [9.17, 15) is 0 Å². The zero-order valence-corrected chi connectivity index (χ0v) is 22.5. The topological polar surface area (TPSA) is 43.4 Å². The molecule has 5 heteroatoms. The minimum Gasteiger partial charge on any atom is -0.438 e. The average Bonchev–Trinajstić information content (AvgIpc) is 2.63. The summed E-state index contributed by atoms with van der Waals surface area (Å²) in [4.78, 5) is 4.70. The van der Waals surface area contributed by atoms with Crippen LogP contribution in [0.25, 0.3) is 0 Å². The highest BCUT2D eigenvalue weighted by Crippen LogP contribution is 2.37. The summed E-state index contributed by atoms with van der Waals surface area (Å²) >= 11 is 0. The van der Waals surface area contributed by atoms with Crippen molar-refractivity contribution in [3.63, 3.8) is 0 Å². The zero-order valence-electron chi connectivity index (χ0n) is 21.5. The number of anilines is 1. The molecule has 1 aromatic carbocycles. The molecule has 1 aromatic heterocycles. The third-order valence-corrected chi connectivity index (χ3v) is 11.0. The van der Waals surface area contributed by atoms with Gasteiger partial charge in [0.1, 0.15) is 5.75 Å². The second-order valence-corrected chi connectivity index (χ2v) is 15.2. The molecule has 0 aliphatic heterocycles. The zero-order chi connectivity index (χ0) is 23.6. The Hall–Kier alpha value is -1.85. The molecule has 0 saturated carbocycles. The van der Waals surface area contributed by atoms with E-state index in [-0.39, 0.29) is 11.1 Å². The minimum atomic E-state index is -1.78. The maximum absolute atomic E-state index is 6.49. The Labute approximate surface area is 190 Å². The SMILES string of the molecule is CCC(CO[Si](C)(C)C(C)(C)C)Nc1cc(C)nc(Oc2c(C)cc(C)cc2C)c1C. The van der Waals surface area contributed by atoms with Crippen LogP contribution in [0.4, 0.5) is 5.69 Å². The summed E-state index contributed by atoms with van der Waals surface area (Å²) in [5.41, 5.74) is 6.52. The second-order valence-electron chi connectivity index (χ2n) is 10.4. The van der Waals surface area contributed by atoms with Crippen LogP contribution in [0.2, 0.25) is 18.1 Å². The van der Waals surface area contributed by atoms with E-state index < -0.39 is 8.32 Å². The number of rotatable bonds is 8. The predicted molar refractivity (Wildman–Crippen MR) is 135 cm³/mol. The molecule has 1 unspecified atom stereocenters. The molecular formula is C26H42N2O2Si. The van der Waals surface area contributed by atoms with Gasteiger partial charge in [0.2, 0.25) is 5.88 Å². The highest BCUT2D eigenvalue weighted by atomic mass is 28.4. The molecule has 2 rings (SSSR count). The molecule has 4 nitrogen and oxygen atoms in total. The summed E-state index contributed by atoms with van der Waals surface area (Å²) in [7, 11) is -1.78. The van der Waals surface area contributed by atoms with Gasteiger partial charge in [-0.05, 0) is 76.4 Å².